The van der Waals surface area contributed by atoms with Crippen LogP contribution in [0.2, 0.25) is 0 Å². The summed E-state index contributed by atoms with van der Waals surface area (Å²) in [4.78, 5) is 20.1. The Labute approximate surface area is 353 Å². The van der Waals surface area contributed by atoms with E-state index in [1.54, 1.807) is 0 Å². The molecule has 0 aliphatic rings. The zero-order chi connectivity index (χ0) is 40.5. The lowest BCUT2D eigenvalue weighted by atomic mass is 9.97. The van der Waals surface area contributed by atoms with Gasteiger partial charge in [0.2, 0.25) is 0 Å². The van der Waals surface area contributed by atoms with Crippen molar-refractivity contribution in [3.63, 3.8) is 0 Å². The predicted molar refractivity (Wildman–Crippen MR) is 248 cm³/mol. The molecule has 0 N–H and O–H groups in total. The van der Waals surface area contributed by atoms with Crippen molar-refractivity contribution in [2.45, 2.75) is 0 Å². The molecular formula is C56H36N4O. The number of nitrogens with zero attached hydrogens (tertiary/aromatic N) is 4. The Hall–Kier alpha value is -8.28. The van der Waals surface area contributed by atoms with Gasteiger partial charge >= 0.3 is 0 Å². The summed E-state index contributed by atoms with van der Waals surface area (Å²) in [6.45, 7) is 0. The summed E-state index contributed by atoms with van der Waals surface area (Å²) in [6.07, 6.45) is 0. The molecule has 0 aliphatic carbocycles. The van der Waals surface area contributed by atoms with Gasteiger partial charge in [-0.2, -0.15) is 0 Å². The van der Waals surface area contributed by atoms with E-state index in [9.17, 15) is 0 Å². The largest absolute Gasteiger partial charge is 0.456 e. The van der Waals surface area contributed by atoms with E-state index in [2.05, 4.69) is 146 Å². The third-order valence-electron chi connectivity index (χ3n) is 11.1. The summed E-state index contributed by atoms with van der Waals surface area (Å²) >= 11 is 0. The zero-order valence-corrected chi connectivity index (χ0v) is 33.0. The van der Waals surface area contributed by atoms with E-state index in [4.69, 9.17) is 24.4 Å². The molecule has 0 saturated carbocycles. The molecule has 8 aromatic carbocycles. The number of hydrogen-bond donors (Lipinski definition) is 0. The van der Waals surface area contributed by atoms with E-state index in [1.807, 2.05) is 72.8 Å². The van der Waals surface area contributed by atoms with Gasteiger partial charge in [0.15, 0.2) is 11.6 Å². The predicted octanol–water partition coefficient (Wildman–Crippen LogP) is 14.5. The van der Waals surface area contributed by atoms with Gasteiger partial charge in [-0.05, 0) is 70.8 Å². The first-order chi connectivity index (χ1) is 30.2. The van der Waals surface area contributed by atoms with Crippen LogP contribution in [-0.4, -0.2) is 19.9 Å². The molecule has 0 bridgehead atoms. The highest BCUT2D eigenvalue weighted by molar-refractivity contribution is 6.07. The third kappa shape index (κ3) is 7.15. The minimum Gasteiger partial charge on any atom is -0.456 e. The van der Waals surface area contributed by atoms with Crippen LogP contribution >= 0.6 is 0 Å². The van der Waals surface area contributed by atoms with Crippen molar-refractivity contribution < 1.29 is 4.42 Å². The Balaban J connectivity index is 0.962. The SMILES string of the molecule is c1ccc(-c2cc(-c3cccc(-c4ccc5oc6ccc(-c7cccc(-c8cc(-c9ccccc9)nc(-c9ccccc9)n8)c7)cc6c5c4)c3)nc(-c3ccccc3)n2)cc1. The molecule has 11 rings (SSSR count). The van der Waals surface area contributed by atoms with Gasteiger partial charge in [0.1, 0.15) is 11.2 Å². The van der Waals surface area contributed by atoms with Crippen LogP contribution in [0.25, 0.3) is 112 Å². The van der Waals surface area contributed by atoms with Gasteiger partial charge < -0.3 is 4.42 Å². The maximum atomic E-state index is 6.41. The summed E-state index contributed by atoms with van der Waals surface area (Å²) in [7, 11) is 0. The molecule has 5 nitrogen and oxygen atoms in total. The second-order valence-corrected chi connectivity index (χ2v) is 15.1. The quantitative estimate of drug-likeness (QED) is 0.154. The monoisotopic (exact) mass is 780 g/mol. The lowest BCUT2D eigenvalue weighted by Crippen LogP contribution is -1.96. The normalized spacial score (nSPS) is 11.3. The Kier molecular flexibility index (Phi) is 9.10. The molecule has 0 spiro atoms. The average Bonchev–Trinajstić information content (AvgIpc) is 3.72. The van der Waals surface area contributed by atoms with Crippen molar-refractivity contribution in [3.05, 3.63) is 218 Å². The van der Waals surface area contributed by atoms with E-state index >= 15 is 0 Å². The maximum absolute atomic E-state index is 6.41. The molecule has 11 aromatic rings. The van der Waals surface area contributed by atoms with Gasteiger partial charge in [-0.15, -0.1) is 0 Å². The second kappa shape index (κ2) is 15.5. The Bertz CT molecular complexity index is 3010. The van der Waals surface area contributed by atoms with E-state index in [1.165, 1.54) is 0 Å². The summed E-state index contributed by atoms with van der Waals surface area (Å²) in [5.74, 6) is 1.39. The number of hydrogen-bond acceptors (Lipinski definition) is 5. The van der Waals surface area contributed by atoms with Crippen LogP contribution in [0, 0.1) is 0 Å². The molecule has 0 unspecified atom stereocenters. The van der Waals surface area contributed by atoms with Crippen LogP contribution in [0.5, 0.6) is 0 Å². The molecular weight excluding hydrogens is 745 g/mol. The molecule has 0 aliphatic heterocycles. The molecule has 61 heavy (non-hydrogen) atoms. The lowest BCUT2D eigenvalue weighted by Gasteiger charge is -2.11. The van der Waals surface area contributed by atoms with Crippen LogP contribution in [0.3, 0.4) is 0 Å². The fourth-order valence-electron chi connectivity index (χ4n) is 7.99. The number of furan rings is 1. The van der Waals surface area contributed by atoms with Crippen molar-refractivity contribution in [1.82, 2.24) is 19.9 Å². The van der Waals surface area contributed by atoms with Crippen LogP contribution < -0.4 is 0 Å². The van der Waals surface area contributed by atoms with Crippen LogP contribution in [0.4, 0.5) is 0 Å². The molecule has 0 fully saturated rings. The first-order valence-corrected chi connectivity index (χ1v) is 20.4. The van der Waals surface area contributed by atoms with E-state index in [-0.39, 0.29) is 0 Å². The molecule has 0 saturated heterocycles. The van der Waals surface area contributed by atoms with Crippen molar-refractivity contribution in [2.24, 2.45) is 0 Å². The van der Waals surface area contributed by atoms with E-state index in [0.717, 1.165) is 100 Å². The summed E-state index contributed by atoms with van der Waals surface area (Å²) in [5, 5.41) is 2.12. The minimum absolute atomic E-state index is 0.695. The van der Waals surface area contributed by atoms with Crippen LogP contribution in [0.15, 0.2) is 223 Å². The number of benzene rings is 8. The van der Waals surface area contributed by atoms with Crippen molar-refractivity contribution in [2.75, 3.05) is 0 Å². The highest BCUT2D eigenvalue weighted by atomic mass is 16.3. The fraction of sp³-hybridized carbons (Fsp3) is 0. The second-order valence-electron chi connectivity index (χ2n) is 15.1. The van der Waals surface area contributed by atoms with Crippen molar-refractivity contribution >= 4 is 21.9 Å². The average molecular weight is 781 g/mol. The standard InChI is InChI=1S/C56H36N4O/c1-5-15-37(16-6-1)49-35-51(59-55(57-49)39-19-9-3-10-20-39)45-25-13-23-41(31-45)43-27-29-53-47(33-43)48-34-44(28-30-54(48)61-53)42-24-14-26-46(32-42)52-36-50(38-17-7-2-8-18-38)58-56(60-52)40-21-11-4-12-22-40/h1-36H. The third-order valence-corrected chi connectivity index (χ3v) is 11.1. The number of aromatic nitrogens is 4. The smallest absolute Gasteiger partial charge is 0.160 e. The Morgan fingerprint density at radius 1 is 0.230 bits per heavy atom. The van der Waals surface area contributed by atoms with Crippen LogP contribution in [-0.2, 0) is 0 Å². The van der Waals surface area contributed by atoms with Gasteiger partial charge in [0.05, 0.1) is 22.8 Å². The highest BCUT2D eigenvalue weighted by Gasteiger charge is 2.15. The summed E-state index contributed by atoms with van der Waals surface area (Å²) in [5.41, 5.74) is 15.6. The lowest BCUT2D eigenvalue weighted by molar-refractivity contribution is 0.669. The molecule has 286 valence electrons. The molecule has 0 atom stereocenters. The number of rotatable bonds is 8. The minimum atomic E-state index is 0.695. The van der Waals surface area contributed by atoms with Gasteiger partial charge in [-0.3, -0.25) is 0 Å². The first kappa shape index (κ1) is 35.8. The molecule has 3 heterocycles. The van der Waals surface area contributed by atoms with E-state index < -0.39 is 0 Å². The summed E-state index contributed by atoms with van der Waals surface area (Å²) in [6, 6.07) is 75.1. The van der Waals surface area contributed by atoms with Gasteiger partial charge in [-0.25, -0.2) is 19.9 Å². The van der Waals surface area contributed by atoms with Crippen LogP contribution in [0.1, 0.15) is 0 Å². The van der Waals surface area contributed by atoms with Gasteiger partial charge in [-0.1, -0.05) is 170 Å². The summed E-state index contributed by atoms with van der Waals surface area (Å²) < 4.78 is 6.41. The van der Waals surface area contributed by atoms with Gasteiger partial charge in [0.25, 0.3) is 0 Å². The first-order valence-electron chi connectivity index (χ1n) is 20.4. The molecule has 0 radical (unpaired) electrons. The molecule has 5 heteroatoms. The zero-order valence-electron chi connectivity index (χ0n) is 33.0. The Morgan fingerprint density at radius 2 is 0.541 bits per heavy atom. The fourth-order valence-corrected chi connectivity index (χ4v) is 7.99. The van der Waals surface area contributed by atoms with Crippen molar-refractivity contribution in [1.29, 1.82) is 0 Å². The highest BCUT2D eigenvalue weighted by Crippen LogP contribution is 2.37. The molecule has 3 aromatic heterocycles. The topological polar surface area (TPSA) is 64.7 Å². The van der Waals surface area contributed by atoms with E-state index in [0.29, 0.717) is 11.6 Å². The maximum Gasteiger partial charge on any atom is 0.160 e. The van der Waals surface area contributed by atoms with Crippen molar-refractivity contribution in [3.8, 4) is 90.1 Å². The van der Waals surface area contributed by atoms with Gasteiger partial charge in [0, 0.05) is 44.2 Å². The molecule has 0 amide bonds. The Morgan fingerprint density at radius 3 is 0.934 bits per heavy atom. The number of fused-ring (bicyclic) bond motifs is 3.